The van der Waals surface area contributed by atoms with Crippen LogP contribution in [0.5, 0.6) is 5.75 Å². The molecule has 0 saturated heterocycles. The summed E-state index contributed by atoms with van der Waals surface area (Å²) in [6.45, 7) is 0. The van der Waals surface area contributed by atoms with Gasteiger partial charge in [0.1, 0.15) is 0 Å². The average molecular weight is 268 g/mol. The van der Waals surface area contributed by atoms with Crippen molar-refractivity contribution in [2.45, 2.75) is 4.90 Å². The van der Waals surface area contributed by atoms with Gasteiger partial charge in [0.25, 0.3) is 0 Å². The molecule has 0 aliphatic rings. The fraction of sp³-hybridized carbons (Fsp3) is 0. The second-order valence-electron chi connectivity index (χ2n) is 2.39. The Kier molecular flexibility index (Phi) is 4.77. The first kappa shape index (κ1) is 15.7. The second-order valence-corrected chi connectivity index (χ2v) is 3.75. The van der Waals surface area contributed by atoms with E-state index in [0.717, 1.165) is 0 Å². The van der Waals surface area contributed by atoms with Crippen molar-refractivity contribution >= 4 is 10.1 Å². The summed E-state index contributed by atoms with van der Waals surface area (Å²) in [6, 6.07) is 0. The summed E-state index contributed by atoms with van der Waals surface area (Å²) >= 11 is 0. The first-order valence-corrected chi connectivity index (χ1v) is 4.62. The fourth-order valence-electron chi connectivity index (χ4n) is 0.818. The van der Waals surface area contributed by atoms with Crippen LogP contribution >= 0.6 is 0 Å². The second kappa shape index (κ2) is 4.88. The average Bonchev–Trinajstić information content (AvgIpc) is 2.09. The predicted octanol–water partition coefficient (Wildman–Crippen LogP) is -2.43. The molecule has 0 aliphatic carbocycles. The van der Waals surface area contributed by atoms with E-state index in [9.17, 15) is 31.1 Å². The van der Waals surface area contributed by atoms with Gasteiger partial charge in [0.05, 0.1) is 0 Å². The molecule has 1 aromatic carbocycles. The summed E-state index contributed by atoms with van der Waals surface area (Å²) < 4.78 is 79.3. The Morgan fingerprint density at radius 1 is 0.938 bits per heavy atom. The molecule has 0 fully saturated rings. The van der Waals surface area contributed by atoms with Crippen molar-refractivity contribution in [1.82, 2.24) is 0 Å². The normalized spacial score (nSPS) is 11.1. The molecule has 10 heteroatoms. The molecule has 1 aromatic rings. The summed E-state index contributed by atoms with van der Waals surface area (Å²) in [5, 5.41) is 10.4. The van der Waals surface area contributed by atoms with E-state index < -0.39 is 44.0 Å². The molecule has 0 heterocycles. The molecule has 0 saturated carbocycles. The Labute approximate surface area is 109 Å². The maximum atomic E-state index is 12.7. The van der Waals surface area contributed by atoms with E-state index >= 15 is 0 Å². The van der Waals surface area contributed by atoms with Crippen molar-refractivity contribution in [3.8, 4) is 5.75 Å². The first-order valence-electron chi connectivity index (χ1n) is 3.18. The van der Waals surface area contributed by atoms with Crippen molar-refractivity contribution in [3.05, 3.63) is 23.3 Å². The molecule has 0 bridgehead atoms. The number of halogens is 4. The van der Waals surface area contributed by atoms with Crippen molar-refractivity contribution in [1.29, 1.82) is 0 Å². The standard InChI is InChI=1S/C6H2F4O4S.Na/c7-1-3(9)6(15(12,13)14)4(10)2(8)5(1)11;/h11H,(H,12,13,14);/q;+1/p-1. The zero-order chi connectivity index (χ0) is 12.0. The smallest absolute Gasteiger partial charge is 0.868 e. The van der Waals surface area contributed by atoms with Gasteiger partial charge in [-0.3, -0.25) is 4.55 Å². The fourth-order valence-corrected chi connectivity index (χ4v) is 1.45. The van der Waals surface area contributed by atoms with Crippen molar-refractivity contribution < 1.29 is 65.2 Å². The van der Waals surface area contributed by atoms with E-state index in [1.807, 2.05) is 0 Å². The molecule has 0 unspecified atom stereocenters. The minimum atomic E-state index is -5.49. The van der Waals surface area contributed by atoms with Crippen LogP contribution in [-0.2, 0) is 10.1 Å². The topological polar surface area (TPSA) is 77.4 Å². The number of hydrogen-bond donors (Lipinski definition) is 1. The summed E-state index contributed by atoms with van der Waals surface area (Å²) in [7, 11) is -5.49. The van der Waals surface area contributed by atoms with Crippen LogP contribution in [0.4, 0.5) is 17.6 Å². The number of rotatable bonds is 1. The van der Waals surface area contributed by atoms with Crippen LogP contribution in [0, 0.1) is 23.3 Å². The third kappa shape index (κ3) is 2.48. The zero-order valence-electron chi connectivity index (χ0n) is 7.59. The van der Waals surface area contributed by atoms with Gasteiger partial charge >= 0.3 is 39.7 Å². The van der Waals surface area contributed by atoms with E-state index in [-0.39, 0.29) is 29.6 Å². The van der Waals surface area contributed by atoms with Crippen LogP contribution in [0.15, 0.2) is 4.90 Å². The predicted molar refractivity (Wildman–Crippen MR) is 35.5 cm³/mol. The molecule has 4 nitrogen and oxygen atoms in total. The van der Waals surface area contributed by atoms with Crippen molar-refractivity contribution in [3.63, 3.8) is 0 Å². The van der Waals surface area contributed by atoms with E-state index in [0.29, 0.717) is 0 Å². The number of benzene rings is 1. The van der Waals surface area contributed by atoms with E-state index in [4.69, 9.17) is 4.55 Å². The van der Waals surface area contributed by atoms with Gasteiger partial charge in [-0.2, -0.15) is 8.42 Å². The van der Waals surface area contributed by atoms with Crippen molar-refractivity contribution in [2.24, 2.45) is 0 Å². The van der Waals surface area contributed by atoms with Gasteiger partial charge in [0, 0.05) is 0 Å². The Bertz CT molecular complexity index is 501. The minimum Gasteiger partial charge on any atom is -0.868 e. The first-order chi connectivity index (χ1) is 6.68. The largest absolute Gasteiger partial charge is 1.00 e. The van der Waals surface area contributed by atoms with Gasteiger partial charge in [-0.05, 0) is 5.75 Å². The molecule has 16 heavy (non-hydrogen) atoms. The van der Waals surface area contributed by atoms with E-state index in [1.54, 1.807) is 0 Å². The molecule has 0 spiro atoms. The molecule has 0 aliphatic heterocycles. The maximum Gasteiger partial charge on any atom is 1.00 e. The molecule has 0 atom stereocenters. The van der Waals surface area contributed by atoms with Gasteiger partial charge in [-0.15, -0.1) is 0 Å². The molecule has 0 radical (unpaired) electrons. The summed E-state index contributed by atoms with van der Waals surface area (Å²) in [6.07, 6.45) is 0. The van der Waals surface area contributed by atoms with Crippen LogP contribution in [0.25, 0.3) is 0 Å². The Morgan fingerprint density at radius 3 is 1.50 bits per heavy atom. The minimum absolute atomic E-state index is 0. The molecule has 0 aromatic heterocycles. The van der Waals surface area contributed by atoms with Gasteiger partial charge < -0.3 is 5.11 Å². The quantitative estimate of drug-likeness (QED) is 0.266. The molecule has 84 valence electrons. The molecule has 1 N–H and O–H groups in total. The van der Waals surface area contributed by atoms with Crippen LogP contribution in [0.2, 0.25) is 0 Å². The van der Waals surface area contributed by atoms with E-state index in [2.05, 4.69) is 0 Å². The molecule has 1 rings (SSSR count). The Hall–Kier alpha value is -0.350. The van der Waals surface area contributed by atoms with Crippen molar-refractivity contribution in [2.75, 3.05) is 0 Å². The van der Waals surface area contributed by atoms with Crippen LogP contribution < -0.4 is 34.7 Å². The van der Waals surface area contributed by atoms with Crippen LogP contribution in [0.3, 0.4) is 0 Å². The van der Waals surface area contributed by atoms with Gasteiger partial charge in [0.15, 0.2) is 28.2 Å². The van der Waals surface area contributed by atoms with E-state index in [1.165, 1.54) is 0 Å². The van der Waals surface area contributed by atoms with Gasteiger partial charge in [-0.1, -0.05) is 0 Å². The molecule has 0 amide bonds. The summed E-state index contributed by atoms with van der Waals surface area (Å²) in [5.41, 5.74) is 0. The monoisotopic (exact) mass is 268 g/mol. The maximum absolute atomic E-state index is 12.7. The third-order valence-corrected chi connectivity index (χ3v) is 2.32. The Morgan fingerprint density at radius 2 is 1.25 bits per heavy atom. The number of hydrogen-bond acceptors (Lipinski definition) is 3. The van der Waals surface area contributed by atoms with Gasteiger partial charge in [-0.25, -0.2) is 17.6 Å². The Balaban J connectivity index is 0.00000225. The van der Waals surface area contributed by atoms with Crippen LogP contribution in [0.1, 0.15) is 0 Å². The molecular weight excluding hydrogens is 267 g/mol. The zero-order valence-corrected chi connectivity index (χ0v) is 10.4. The van der Waals surface area contributed by atoms with Gasteiger partial charge in [0.2, 0.25) is 0 Å². The summed E-state index contributed by atoms with van der Waals surface area (Å²) in [4.78, 5) is -2.22. The SMILES string of the molecule is O=S(=O)(O)c1c(F)c(F)c([O-])c(F)c1F.[Na+]. The molecular formula is C6HF4NaO4S. The van der Waals surface area contributed by atoms with Crippen LogP contribution in [-0.4, -0.2) is 13.0 Å². The third-order valence-electron chi connectivity index (χ3n) is 1.44. The summed E-state index contributed by atoms with van der Waals surface area (Å²) in [5.74, 6) is -12.0.